The van der Waals surface area contributed by atoms with Crippen molar-refractivity contribution in [1.82, 2.24) is 4.90 Å². The molecule has 0 aromatic carbocycles. The molecule has 42 heavy (non-hydrogen) atoms. The van der Waals surface area contributed by atoms with Gasteiger partial charge in [-0.1, -0.05) is 142 Å². The summed E-state index contributed by atoms with van der Waals surface area (Å²) in [5.41, 5.74) is 10.8. The van der Waals surface area contributed by atoms with E-state index in [2.05, 4.69) is 18.8 Å². The number of carboxylic acids is 1. The van der Waals surface area contributed by atoms with Crippen molar-refractivity contribution in [2.75, 3.05) is 6.54 Å². The monoisotopic (exact) mass is 595 g/mol. The van der Waals surface area contributed by atoms with Crippen LogP contribution in [0.1, 0.15) is 181 Å². The fourth-order valence-corrected chi connectivity index (χ4v) is 5.46. The van der Waals surface area contributed by atoms with E-state index in [4.69, 9.17) is 11.5 Å². The first-order valence-corrected chi connectivity index (χ1v) is 17.5. The van der Waals surface area contributed by atoms with Gasteiger partial charge >= 0.3 is 5.97 Å². The molecular weight excluding hydrogens is 528 g/mol. The van der Waals surface area contributed by atoms with Crippen molar-refractivity contribution in [3.8, 4) is 0 Å². The molecule has 246 valence electrons. The fourth-order valence-electron chi connectivity index (χ4n) is 5.46. The van der Waals surface area contributed by atoms with Gasteiger partial charge in [0.25, 0.3) is 0 Å². The molecule has 0 spiro atoms. The molecule has 0 aliphatic rings. The number of hydrogen-bond donors (Lipinski definition) is 3. The number of hydrogen-bond acceptors (Lipinski definition) is 4. The lowest BCUT2D eigenvalue weighted by atomic mass is 10.0. The summed E-state index contributed by atoms with van der Waals surface area (Å²) in [4.78, 5) is 43.5. The van der Waals surface area contributed by atoms with Gasteiger partial charge in [0, 0.05) is 19.4 Å². The number of aliphatic imine (C=N–C) groups is 1. The van der Waals surface area contributed by atoms with E-state index in [0.717, 1.165) is 43.4 Å². The van der Waals surface area contributed by atoms with Gasteiger partial charge in [-0.15, -0.1) is 0 Å². The van der Waals surface area contributed by atoms with E-state index in [1.54, 1.807) is 0 Å². The highest BCUT2D eigenvalue weighted by Crippen LogP contribution is 2.18. The number of nitrogens with zero attached hydrogens (tertiary/aromatic N) is 2. The van der Waals surface area contributed by atoms with E-state index in [0.29, 0.717) is 19.3 Å². The lowest BCUT2D eigenvalue weighted by Crippen LogP contribution is -2.48. The predicted molar refractivity (Wildman–Crippen MR) is 175 cm³/mol. The molecule has 0 radical (unpaired) electrons. The largest absolute Gasteiger partial charge is 0.480 e. The van der Waals surface area contributed by atoms with Crippen LogP contribution in [0.4, 0.5) is 0 Å². The first kappa shape index (κ1) is 39.9. The number of carboxylic acid groups (broad SMARTS) is 1. The maximum absolute atomic E-state index is 13.2. The Labute approximate surface area is 257 Å². The molecule has 5 N–H and O–H groups in total. The van der Waals surface area contributed by atoms with Gasteiger partial charge in [-0.3, -0.25) is 19.5 Å². The van der Waals surface area contributed by atoms with Crippen molar-refractivity contribution in [2.24, 2.45) is 16.5 Å². The lowest BCUT2D eigenvalue weighted by molar-refractivity contribution is -0.158. The van der Waals surface area contributed by atoms with Crippen LogP contribution >= 0.6 is 0 Å². The van der Waals surface area contributed by atoms with Crippen LogP contribution in [0.15, 0.2) is 4.99 Å². The number of unbranched alkanes of at least 4 members (excludes halogenated alkanes) is 20. The van der Waals surface area contributed by atoms with Gasteiger partial charge in [-0.25, -0.2) is 4.79 Å². The van der Waals surface area contributed by atoms with Gasteiger partial charge in [0.1, 0.15) is 6.04 Å². The Balaban J connectivity index is 4.65. The fraction of sp³-hybridized carbons (Fsp3) is 0.882. The average Bonchev–Trinajstić information content (AvgIpc) is 2.95. The normalized spacial score (nSPS) is 11.8. The Bertz CT molecular complexity index is 672. The predicted octanol–water partition coefficient (Wildman–Crippen LogP) is 8.25. The molecule has 2 amide bonds. The highest BCUT2D eigenvalue weighted by atomic mass is 16.4. The Morgan fingerprint density at radius 2 is 0.905 bits per heavy atom. The molecule has 0 aliphatic heterocycles. The third-order valence-corrected chi connectivity index (χ3v) is 8.05. The number of nitrogens with two attached hydrogens (primary N) is 2. The maximum atomic E-state index is 13.2. The molecule has 0 fully saturated rings. The lowest BCUT2D eigenvalue weighted by Gasteiger charge is -2.27. The Morgan fingerprint density at radius 3 is 1.21 bits per heavy atom. The minimum atomic E-state index is -1.18. The quantitative estimate of drug-likeness (QED) is 0.0434. The molecule has 0 aromatic rings. The summed E-state index contributed by atoms with van der Waals surface area (Å²) < 4.78 is 0. The van der Waals surface area contributed by atoms with Crippen LogP contribution in [0.25, 0.3) is 0 Å². The number of amides is 2. The highest BCUT2D eigenvalue weighted by molar-refractivity contribution is 5.99. The first-order chi connectivity index (χ1) is 20.3. The van der Waals surface area contributed by atoms with Gasteiger partial charge in [0.05, 0.1) is 0 Å². The number of imide groups is 1. The van der Waals surface area contributed by atoms with E-state index in [1.165, 1.54) is 89.9 Å². The maximum Gasteiger partial charge on any atom is 0.326 e. The van der Waals surface area contributed by atoms with Crippen molar-refractivity contribution >= 4 is 23.7 Å². The minimum absolute atomic E-state index is 0.0566. The Kier molecular flexibility index (Phi) is 27.5. The third-order valence-electron chi connectivity index (χ3n) is 8.05. The second-order valence-corrected chi connectivity index (χ2v) is 12.0. The van der Waals surface area contributed by atoms with E-state index < -0.39 is 12.0 Å². The molecule has 0 saturated heterocycles. The highest BCUT2D eigenvalue weighted by Gasteiger charge is 2.33. The zero-order valence-corrected chi connectivity index (χ0v) is 27.4. The first-order valence-electron chi connectivity index (χ1n) is 17.5. The summed E-state index contributed by atoms with van der Waals surface area (Å²) in [6, 6.07) is -1.18. The molecule has 0 aromatic heterocycles. The van der Waals surface area contributed by atoms with E-state index in [-0.39, 0.29) is 43.6 Å². The number of carbonyl (C=O) groups excluding carboxylic acids is 2. The van der Waals surface area contributed by atoms with Crippen LogP contribution in [-0.4, -0.2) is 46.3 Å². The van der Waals surface area contributed by atoms with Crippen LogP contribution in [0.5, 0.6) is 0 Å². The van der Waals surface area contributed by atoms with E-state index in [1.807, 2.05) is 0 Å². The van der Waals surface area contributed by atoms with Crippen molar-refractivity contribution in [3.05, 3.63) is 0 Å². The number of guanidine groups is 1. The molecule has 8 nitrogen and oxygen atoms in total. The van der Waals surface area contributed by atoms with Crippen molar-refractivity contribution in [1.29, 1.82) is 0 Å². The average molecular weight is 595 g/mol. The summed E-state index contributed by atoms with van der Waals surface area (Å²) in [7, 11) is 0. The SMILES string of the molecule is CCCCCCCCCCCCCC(=O)N(C(=O)CCCCCCCCCCCCC)[C@@H](CCCN=C(N)N)C(=O)O. The molecule has 0 aliphatic carbocycles. The standard InChI is InChI=1S/C34H66N4O4/c1-3-5-7-9-11-13-15-17-19-21-23-27-31(39)38(30(33(41)42)26-25-29-37-34(35)36)32(40)28-24-22-20-18-16-14-12-10-8-6-4-2/h30H,3-29H2,1-2H3,(H,41,42)(H4,35,36,37)/t30-/m0/s1. The molecule has 0 bridgehead atoms. The summed E-state index contributed by atoms with van der Waals surface area (Å²) in [6.45, 7) is 4.73. The minimum Gasteiger partial charge on any atom is -0.480 e. The molecule has 0 heterocycles. The van der Waals surface area contributed by atoms with Gasteiger partial charge in [-0.2, -0.15) is 0 Å². The molecule has 1 atom stereocenters. The topological polar surface area (TPSA) is 139 Å². The summed E-state index contributed by atoms with van der Waals surface area (Å²) in [5, 5.41) is 9.94. The van der Waals surface area contributed by atoms with Crippen LogP contribution < -0.4 is 11.5 Å². The molecule has 8 heteroatoms. The third kappa shape index (κ3) is 23.4. The zero-order chi connectivity index (χ0) is 31.3. The van der Waals surface area contributed by atoms with Gasteiger partial charge in [0.15, 0.2) is 5.96 Å². The van der Waals surface area contributed by atoms with Gasteiger partial charge < -0.3 is 16.6 Å². The summed E-state index contributed by atoms with van der Waals surface area (Å²) in [6.07, 6.45) is 26.7. The zero-order valence-electron chi connectivity index (χ0n) is 27.4. The molecular formula is C34H66N4O4. The van der Waals surface area contributed by atoms with Gasteiger partial charge in [-0.05, 0) is 25.7 Å². The summed E-state index contributed by atoms with van der Waals surface area (Å²) >= 11 is 0. The number of rotatable bonds is 30. The van der Waals surface area contributed by atoms with E-state index in [9.17, 15) is 19.5 Å². The number of carbonyl (C=O) groups is 3. The second kappa shape index (κ2) is 29.0. The second-order valence-electron chi connectivity index (χ2n) is 12.0. The van der Waals surface area contributed by atoms with E-state index >= 15 is 0 Å². The van der Waals surface area contributed by atoms with Crippen molar-refractivity contribution < 1.29 is 19.5 Å². The Hall–Kier alpha value is -2.12. The van der Waals surface area contributed by atoms with Crippen LogP contribution in [0, 0.1) is 0 Å². The molecule has 0 rings (SSSR count). The van der Waals surface area contributed by atoms with Gasteiger partial charge in [0.2, 0.25) is 11.8 Å². The summed E-state index contributed by atoms with van der Waals surface area (Å²) in [5.74, 6) is -1.94. The van der Waals surface area contributed by atoms with Crippen molar-refractivity contribution in [3.63, 3.8) is 0 Å². The molecule has 0 saturated carbocycles. The smallest absolute Gasteiger partial charge is 0.326 e. The van der Waals surface area contributed by atoms with Crippen molar-refractivity contribution in [2.45, 2.75) is 187 Å². The van der Waals surface area contributed by atoms with Crippen LogP contribution in [-0.2, 0) is 14.4 Å². The van der Waals surface area contributed by atoms with Crippen LogP contribution in [0.3, 0.4) is 0 Å². The molecule has 0 unspecified atom stereocenters. The number of aliphatic carboxylic acids is 1. The Morgan fingerprint density at radius 1 is 0.571 bits per heavy atom. The van der Waals surface area contributed by atoms with Crippen LogP contribution in [0.2, 0.25) is 0 Å².